The maximum Gasteiger partial charge on any atom is 0.151 e. The SMILES string of the molecule is CC(O)OCC(C)c1ccccc1. The van der Waals surface area contributed by atoms with Gasteiger partial charge in [0.2, 0.25) is 0 Å². The number of hydrogen-bond donors (Lipinski definition) is 1. The van der Waals surface area contributed by atoms with E-state index < -0.39 is 6.29 Å². The molecule has 1 aromatic carbocycles. The molecule has 0 heterocycles. The van der Waals surface area contributed by atoms with E-state index in [1.165, 1.54) is 5.56 Å². The lowest BCUT2D eigenvalue weighted by atomic mass is 10.0. The van der Waals surface area contributed by atoms with Gasteiger partial charge in [-0.05, 0) is 12.5 Å². The summed E-state index contributed by atoms with van der Waals surface area (Å²) < 4.78 is 5.11. The monoisotopic (exact) mass is 180 g/mol. The molecule has 2 atom stereocenters. The lowest BCUT2D eigenvalue weighted by Gasteiger charge is -2.13. The molecule has 0 saturated carbocycles. The molecule has 0 aliphatic rings. The molecule has 0 fully saturated rings. The Morgan fingerprint density at radius 2 is 1.85 bits per heavy atom. The third-order valence-electron chi connectivity index (χ3n) is 1.96. The van der Waals surface area contributed by atoms with Crippen LogP contribution in [0.25, 0.3) is 0 Å². The van der Waals surface area contributed by atoms with Crippen molar-refractivity contribution in [1.82, 2.24) is 0 Å². The minimum atomic E-state index is -0.675. The highest BCUT2D eigenvalue weighted by molar-refractivity contribution is 5.18. The molecule has 2 unspecified atom stereocenters. The van der Waals surface area contributed by atoms with Gasteiger partial charge in [0.15, 0.2) is 6.29 Å². The molecular formula is C11H16O2. The summed E-state index contributed by atoms with van der Waals surface area (Å²) in [5, 5.41) is 8.93. The standard InChI is InChI=1S/C11H16O2/c1-9(8-13-10(2)12)11-6-4-3-5-7-11/h3-7,9-10,12H,8H2,1-2H3. The molecule has 0 bridgehead atoms. The zero-order chi connectivity index (χ0) is 9.68. The molecule has 2 nitrogen and oxygen atoms in total. The largest absolute Gasteiger partial charge is 0.368 e. The van der Waals surface area contributed by atoms with Crippen molar-refractivity contribution >= 4 is 0 Å². The second-order valence-corrected chi connectivity index (χ2v) is 3.24. The number of benzene rings is 1. The molecule has 0 spiro atoms. The van der Waals surface area contributed by atoms with Crippen LogP contribution in [0.5, 0.6) is 0 Å². The van der Waals surface area contributed by atoms with Crippen LogP contribution in [-0.2, 0) is 4.74 Å². The van der Waals surface area contributed by atoms with Crippen LogP contribution in [0.15, 0.2) is 30.3 Å². The van der Waals surface area contributed by atoms with Gasteiger partial charge in [0.05, 0.1) is 6.61 Å². The molecule has 1 rings (SSSR count). The van der Waals surface area contributed by atoms with Crippen molar-refractivity contribution in [2.45, 2.75) is 26.1 Å². The highest BCUT2D eigenvalue weighted by atomic mass is 16.6. The quantitative estimate of drug-likeness (QED) is 0.719. The number of hydrogen-bond acceptors (Lipinski definition) is 2. The van der Waals surface area contributed by atoms with E-state index in [4.69, 9.17) is 9.84 Å². The van der Waals surface area contributed by atoms with Crippen molar-refractivity contribution in [2.75, 3.05) is 6.61 Å². The molecule has 0 amide bonds. The lowest BCUT2D eigenvalue weighted by molar-refractivity contribution is -0.0884. The van der Waals surface area contributed by atoms with Crippen LogP contribution in [0.2, 0.25) is 0 Å². The molecule has 0 aliphatic carbocycles. The summed E-state index contributed by atoms with van der Waals surface area (Å²) in [6.07, 6.45) is -0.675. The smallest absolute Gasteiger partial charge is 0.151 e. The highest BCUT2D eigenvalue weighted by Crippen LogP contribution is 2.14. The van der Waals surface area contributed by atoms with Crippen molar-refractivity contribution in [3.05, 3.63) is 35.9 Å². The number of aliphatic hydroxyl groups excluding tert-OH is 1. The Balaban J connectivity index is 2.44. The van der Waals surface area contributed by atoms with E-state index in [-0.39, 0.29) is 0 Å². The fourth-order valence-corrected chi connectivity index (χ4v) is 1.16. The first-order valence-electron chi connectivity index (χ1n) is 4.54. The van der Waals surface area contributed by atoms with Gasteiger partial charge in [-0.25, -0.2) is 0 Å². The van der Waals surface area contributed by atoms with Gasteiger partial charge in [-0.2, -0.15) is 0 Å². The maximum absolute atomic E-state index is 8.93. The first-order valence-corrected chi connectivity index (χ1v) is 4.54. The van der Waals surface area contributed by atoms with Crippen LogP contribution in [0.4, 0.5) is 0 Å². The third kappa shape index (κ3) is 3.57. The summed E-state index contributed by atoms with van der Waals surface area (Å²) in [6, 6.07) is 10.1. The van der Waals surface area contributed by atoms with Crippen LogP contribution < -0.4 is 0 Å². The van der Waals surface area contributed by atoms with Crippen LogP contribution >= 0.6 is 0 Å². The Labute approximate surface area is 79.2 Å². The van der Waals surface area contributed by atoms with Crippen molar-refractivity contribution in [1.29, 1.82) is 0 Å². The molecule has 13 heavy (non-hydrogen) atoms. The fraction of sp³-hybridized carbons (Fsp3) is 0.455. The lowest BCUT2D eigenvalue weighted by Crippen LogP contribution is -2.12. The van der Waals surface area contributed by atoms with Gasteiger partial charge >= 0.3 is 0 Å². The predicted octanol–water partition coefficient (Wildman–Crippen LogP) is 2.14. The molecular weight excluding hydrogens is 164 g/mol. The second kappa shape index (κ2) is 5.00. The molecule has 0 aromatic heterocycles. The van der Waals surface area contributed by atoms with Gasteiger partial charge in [0.1, 0.15) is 0 Å². The van der Waals surface area contributed by atoms with Gasteiger partial charge in [-0.3, -0.25) is 0 Å². The Morgan fingerprint density at radius 1 is 1.23 bits per heavy atom. The molecule has 0 radical (unpaired) electrons. The summed E-state index contributed by atoms with van der Waals surface area (Å²) in [4.78, 5) is 0. The highest BCUT2D eigenvalue weighted by Gasteiger charge is 2.05. The Hall–Kier alpha value is -0.860. The molecule has 0 saturated heterocycles. The molecule has 0 aliphatic heterocycles. The van der Waals surface area contributed by atoms with Gasteiger partial charge in [-0.15, -0.1) is 0 Å². The van der Waals surface area contributed by atoms with E-state index in [1.807, 2.05) is 18.2 Å². The topological polar surface area (TPSA) is 29.5 Å². The minimum Gasteiger partial charge on any atom is -0.368 e. The van der Waals surface area contributed by atoms with E-state index in [0.717, 1.165) is 0 Å². The van der Waals surface area contributed by atoms with E-state index in [1.54, 1.807) is 6.92 Å². The van der Waals surface area contributed by atoms with Gasteiger partial charge in [-0.1, -0.05) is 37.3 Å². The minimum absolute atomic E-state index is 0.329. The number of aliphatic hydroxyl groups is 1. The zero-order valence-electron chi connectivity index (χ0n) is 8.10. The summed E-state index contributed by atoms with van der Waals surface area (Å²) in [5.74, 6) is 0.329. The van der Waals surface area contributed by atoms with E-state index >= 15 is 0 Å². The van der Waals surface area contributed by atoms with Crippen molar-refractivity contribution in [3.63, 3.8) is 0 Å². The number of ether oxygens (including phenoxy) is 1. The van der Waals surface area contributed by atoms with E-state index in [2.05, 4.69) is 19.1 Å². The third-order valence-corrected chi connectivity index (χ3v) is 1.96. The van der Waals surface area contributed by atoms with E-state index in [9.17, 15) is 0 Å². The molecule has 1 N–H and O–H groups in total. The van der Waals surface area contributed by atoms with Crippen molar-refractivity contribution in [2.24, 2.45) is 0 Å². The van der Waals surface area contributed by atoms with Gasteiger partial charge in [0.25, 0.3) is 0 Å². The second-order valence-electron chi connectivity index (χ2n) is 3.24. The van der Waals surface area contributed by atoms with E-state index in [0.29, 0.717) is 12.5 Å². The van der Waals surface area contributed by atoms with Crippen molar-refractivity contribution in [3.8, 4) is 0 Å². The first-order chi connectivity index (χ1) is 6.20. The van der Waals surface area contributed by atoms with Crippen molar-refractivity contribution < 1.29 is 9.84 Å². The Kier molecular flexibility index (Phi) is 3.93. The summed E-state index contributed by atoms with van der Waals surface area (Å²) in [5.41, 5.74) is 1.24. The molecule has 2 heteroatoms. The average molecular weight is 180 g/mol. The summed E-state index contributed by atoms with van der Waals surface area (Å²) in [7, 11) is 0. The first kappa shape index (κ1) is 10.2. The summed E-state index contributed by atoms with van der Waals surface area (Å²) >= 11 is 0. The van der Waals surface area contributed by atoms with Gasteiger partial charge in [0, 0.05) is 5.92 Å². The fourth-order valence-electron chi connectivity index (χ4n) is 1.16. The zero-order valence-corrected chi connectivity index (χ0v) is 8.10. The molecule has 72 valence electrons. The number of rotatable bonds is 4. The van der Waals surface area contributed by atoms with Crippen LogP contribution in [-0.4, -0.2) is 18.0 Å². The Bertz CT molecular complexity index is 231. The van der Waals surface area contributed by atoms with Crippen LogP contribution in [0, 0.1) is 0 Å². The summed E-state index contributed by atoms with van der Waals surface area (Å²) in [6.45, 7) is 4.26. The predicted molar refractivity (Wildman–Crippen MR) is 52.5 cm³/mol. The van der Waals surface area contributed by atoms with Crippen LogP contribution in [0.3, 0.4) is 0 Å². The normalized spacial score (nSPS) is 15.3. The molecule has 1 aromatic rings. The Morgan fingerprint density at radius 3 is 2.38 bits per heavy atom. The average Bonchev–Trinajstić information content (AvgIpc) is 2.15. The maximum atomic E-state index is 8.93. The van der Waals surface area contributed by atoms with Gasteiger partial charge < -0.3 is 9.84 Å². The van der Waals surface area contributed by atoms with Crippen LogP contribution in [0.1, 0.15) is 25.3 Å².